The maximum atomic E-state index is 12.0. The van der Waals surface area contributed by atoms with Gasteiger partial charge in [0.15, 0.2) is 0 Å². The molecule has 3 heteroatoms. The van der Waals surface area contributed by atoms with Gasteiger partial charge in [-0.2, -0.15) is 0 Å². The van der Waals surface area contributed by atoms with Gasteiger partial charge in [-0.1, -0.05) is 18.2 Å². The van der Waals surface area contributed by atoms with E-state index < -0.39 is 0 Å². The highest BCUT2D eigenvalue weighted by atomic mass is 16.2. The molecular weight excluding hydrogens is 236 g/mol. The zero-order valence-electron chi connectivity index (χ0n) is 11.8. The summed E-state index contributed by atoms with van der Waals surface area (Å²) in [7, 11) is 0. The molecule has 1 rings (SSSR count). The van der Waals surface area contributed by atoms with Gasteiger partial charge in [-0.3, -0.25) is 4.79 Å². The van der Waals surface area contributed by atoms with Crippen molar-refractivity contribution in [2.75, 3.05) is 25.0 Å². The van der Waals surface area contributed by atoms with Gasteiger partial charge in [0.1, 0.15) is 0 Å². The fourth-order valence-corrected chi connectivity index (χ4v) is 1.73. The number of benzene rings is 1. The molecule has 3 nitrogen and oxygen atoms in total. The van der Waals surface area contributed by atoms with Crippen LogP contribution in [0.3, 0.4) is 0 Å². The zero-order valence-corrected chi connectivity index (χ0v) is 11.8. The van der Waals surface area contributed by atoms with Crippen molar-refractivity contribution in [3.8, 4) is 0 Å². The predicted octanol–water partition coefficient (Wildman–Crippen LogP) is 2.92. The van der Waals surface area contributed by atoms with Crippen molar-refractivity contribution in [2.45, 2.75) is 13.8 Å². The van der Waals surface area contributed by atoms with Gasteiger partial charge in [-0.25, -0.2) is 0 Å². The van der Waals surface area contributed by atoms with Crippen molar-refractivity contribution in [3.05, 3.63) is 54.6 Å². The quantitative estimate of drug-likeness (QED) is 0.763. The average molecular weight is 258 g/mol. The number of aryl methyl sites for hydroxylation is 2. The van der Waals surface area contributed by atoms with Crippen LogP contribution in [0.2, 0.25) is 0 Å². The van der Waals surface area contributed by atoms with Crippen molar-refractivity contribution in [1.29, 1.82) is 0 Å². The van der Waals surface area contributed by atoms with Crippen LogP contribution in [0.5, 0.6) is 0 Å². The van der Waals surface area contributed by atoms with E-state index in [0.29, 0.717) is 13.1 Å². The third-order valence-electron chi connectivity index (χ3n) is 3.00. The van der Waals surface area contributed by atoms with Crippen LogP contribution >= 0.6 is 0 Å². The van der Waals surface area contributed by atoms with E-state index in [1.165, 1.54) is 11.1 Å². The van der Waals surface area contributed by atoms with Crippen LogP contribution in [-0.4, -0.2) is 30.4 Å². The molecule has 0 aliphatic rings. The SMILES string of the molecule is C=CCN(CC=C)C(=O)CNc1ccc(C)c(C)c1. The van der Waals surface area contributed by atoms with Crippen molar-refractivity contribution >= 4 is 11.6 Å². The van der Waals surface area contributed by atoms with Gasteiger partial charge in [0.05, 0.1) is 6.54 Å². The van der Waals surface area contributed by atoms with Crippen molar-refractivity contribution < 1.29 is 4.79 Å². The zero-order chi connectivity index (χ0) is 14.3. The number of carbonyl (C=O) groups is 1. The summed E-state index contributed by atoms with van der Waals surface area (Å²) in [5.74, 6) is 0.0398. The Balaban J connectivity index is 2.58. The summed E-state index contributed by atoms with van der Waals surface area (Å²) in [6.07, 6.45) is 3.44. The Morgan fingerprint density at radius 3 is 2.37 bits per heavy atom. The Kier molecular flexibility index (Phi) is 5.86. The molecule has 0 heterocycles. The van der Waals surface area contributed by atoms with Crippen LogP contribution in [0.1, 0.15) is 11.1 Å². The first-order valence-electron chi connectivity index (χ1n) is 6.39. The van der Waals surface area contributed by atoms with Crippen LogP contribution in [0, 0.1) is 13.8 Å². The molecule has 0 unspecified atom stereocenters. The molecular formula is C16H22N2O. The number of hydrogen-bond acceptors (Lipinski definition) is 2. The molecule has 1 N–H and O–H groups in total. The Morgan fingerprint density at radius 2 is 1.84 bits per heavy atom. The standard InChI is InChI=1S/C16H22N2O/c1-5-9-18(10-6-2)16(19)12-17-15-8-7-13(3)14(4)11-15/h5-8,11,17H,1-2,9-10,12H2,3-4H3. The molecule has 0 radical (unpaired) electrons. The largest absolute Gasteiger partial charge is 0.376 e. The number of nitrogens with zero attached hydrogens (tertiary/aromatic N) is 1. The topological polar surface area (TPSA) is 32.3 Å². The summed E-state index contributed by atoms with van der Waals surface area (Å²) in [6, 6.07) is 6.09. The second-order valence-corrected chi connectivity index (χ2v) is 4.53. The van der Waals surface area contributed by atoms with E-state index in [9.17, 15) is 4.79 Å². The van der Waals surface area contributed by atoms with Crippen LogP contribution in [0.25, 0.3) is 0 Å². The van der Waals surface area contributed by atoms with Gasteiger partial charge in [-0.05, 0) is 37.1 Å². The summed E-state index contributed by atoms with van der Waals surface area (Å²) in [4.78, 5) is 13.7. The van der Waals surface area contributed by atoms with Gasteiger partial charge in [-0.15, -0.1) is 13.2 Å². The van der Waals surface area contributed by atoms with Gasteiger partial charge in [0, 0.05) is 18.8 Å². The van der Waals surface area contributed by atoms with Crippen molar-refractivity contribution in [2.24, 2.45) is 0 Å². The average Bonchev–Trinajstić information content (AvgIpc) is 2.39. The molecule has 102 valence electrons. The Bertz CT molecular complexity index is 456. The minimum atomic E-state index is 0.0398. The second-order valence-electron chi connectivity index (χ2n) is 4.53. The van der Waals surface area contributed by atoms with E-state index in [2.05, 4.69) is 32.3 Å². The Hall–Kier alpha value is -2.03. The van der Waals surface area contributed by atoms with Gasteiger partial charge in [0.25, 0.3) is 0 Å². The minimum Gasteiger partial charge on any atom is -0.376 e. The maximum Gasteiger partial charge on any atom is 0.242 e. The molecule has 0 spiro atoms. The van der Waals surface area contributed by atoms with Gasteiger partial charge in [0.2, 0.25) is 5.91 Å². The summed E-state index contributed by atoms with van der Waals surface area (Å²) in [6.45, 7) is 12.8. The monoisotopic (exact) mass is 258 g/mol. The number of rotatable bonds is 7. The van der Waals surface area contributed by atoms with Crippen molar-refractivity contribution in [3.63, 3.8) is 0 Å². The molecule has 0 saturated heterocycles. The van der Waals surface area contributed by atoms with E-state index in [-0.39, 0.29) is 12.5 Å². The van der Waals surface area contributed by atoms with E-state index in [1.807, 2.05) is 18.2 Å². The molecule has 0 fully saturated rings. The van der Waals surface area contributed by atoms with E-state index >= 15 is 0 Å². The molecule has 0 aliphatic heterocycles. The number of hydrogen-bond donors (Lipinski definition) is 1. The van der Waals surface area contributed by atoms with E-state index in [0.717, 1.165) is 5.69 Å². The van der Waals surface area contributed by atoms with E-state index in [4.69, 9.17) is 0 Å². The minimum absolute atomic E-state index is 0.0398. The Labute approximate surface area is 115 Å². The van der Waals surface area contributed by atoms with E-state index in [1.54, 1.807) is 17.1 Å². The first-order chi connectivity index (χ1) is 9.08. The van der Waals surface area contributed by atoms with Crippen LogP contribution in [-0.2, 0) is 4.79 Å². The lowest BCUT2D eigenvalue weighted by atomic mass is 10.1. The molecule has 1 aromatic carbocycles. The number of anilines is 1. The smallest absolute Gasteiger partial charge is 0.242 e. The molecule has 1 aromatic rings. The number of nitrogens with one attached hydrogen (secondary N) is 1. The van der Waals surface area contributed by atoms with Crippen molar-refractivity contribution in [1.82, 2.24) is 4.90 Å². The van der Waals surface area contributed by atoms with Crippen LogP contribution < -0.4 is 5.32 Å². The number of carbonyl (C=O) groups excluding carboxylic acids is 1. The molecule has 0 saturated carbocycles. The fourth-order valence-electron chi connectivity index (χ4n) is 1.73. The molecule has 0 aliphatic carbocycles. The van der Waals surface area contributed by atoms with Gasteiger partial charge >= 0.3 is 0 Å². The third-order valence-corrected chi connectivity index (χ3v) is 3.00. The van der Waals surface area contributed by atoms with Crippen LogP contribution in [0.15, 0.2) is 43.5 Å². The molecule has 19 heavy (non-hydrogen) atoms. The molecule has 0 bridgehead atoms. The number of amides is 1. The lowest BCUT2D eigenvalue weighted by Gasteiger charge is -2.20. The normalized spacial score (nSPS) is 9.79. The first-order valence-corrected chi connectivity index (χ1v) is 6.39. The lowest BCUT2D eigenvalue weighted by molar-refractivity contribution is -0.128. The third kappa shape index (κ3) is 4.62. The summed E-state index contributed by atoms with van der Waals surface area (Å²) < 4.78 is 0. The first kappa shape index (κ1) is 15.0. The summed E-state index contributed by atoms with van der Waals surface area (Å²) in [5.41, 5.74) is 3.43. The Morgan fingerprint density at radius 1 is 1.21 bits per heavy atom. The molecule has 1 amide bonds. The lowest BCUT2D eigenvalue weighted by Crippen LogP contribution is -2.35. The van der Waals surface area contributed by atoms with Crippen LogP contribution in [0.4, 0.5) is 5.69 Å². The summed E-state index contributed by atoms with van der Waals surface area (Å²) in [5, 5.41) is 3.15. The summed E-state index contributed by atoms with van der Waals surface area (Å²) >= 11 is 0. The predicted molar refractivity (Wildman–Crippen MR) is 81.4 cm³/mol. The highest BCUT2D eigenvalue weighted by molar-refractivity contribution is 5.81. The van der Waals surface area contributed by atoms with Gasteiger partial charge < -0.3 is 10.2 Å². The fraction of sp³-hybridized carbons (Fsp3) is 0.312. The molecule has 0 aromatic heterocycles. The second kappa shape index (κ2) is 7.41. The maximum absolute atomic E-state index is 12.0. The highest BCUT2D eigenvalue weighted by Gasteiger charge is 2.09. The highest BCUT2D eigenvalue weighted by Crippen LogP contribution is 2.13. The molecule has 0 atom stereocenters.